The summed E-state index contributed by atoms with van der Waals surface area (Å²) in [6, 6.07) is 8.99. The van der Waals surface area contributed by atoms with Crippen LogP contribution in [0.5, 0.6) is 28.7 Å². The van der Waals surface area contributed by atoms with Crippen molar-refractivity contribution >= 4 is 40.3 Å². The second-order valence-electron chi connectivity index (χ2n) is 15.8. The standard InChI is InChI=1S/C46H56N2O14/c1-23-14-13-15-24(2)45(56)48-36-31(22-47-60-21-20-58-30-16-11-10-12-17-30)40(53)33-34(41(36)54)39(52)28(6)43-35(33)44(55)46(8,62-43)59-19-18-32(57-9)25(3)42(61-29(7)49)27(5)38(51)26(4)37(23)50/h10-19,22-23,25-27,32,37-38,42,50-54H,20-21H2,1-9H3,(H,48,56)/b14-13-,19-18-,24-15-,47-22?/t23-,25+,26+,27+,32-,37-,38+,42+,46-/m0/s1. The van der Waals surface area contributed by atoms with Crippen molar-refractivity contribution in [3.05, 3.63) is 83.2 Å². The van der Waals surface area contributed by atoms with Gasteiger partial charge < -0.3 is 59.4 Å². The fourth-order valence-electron chi connectivity index (χ4n) is 7.73. The number of oxime groups is 1. The van der Waals surface area contributed by atoms with E-state index in [-0.39, 0.29) is 57.7 Å². The predicted molar refractivity (Wildman–Crippen MR) is 229 cm³/mol. The van der Waals surface area contributed by atoms with Crippen LogP contribution in [0, 0.1) is 30.6 Å². The molecule has 6 rings (SSSR count). The molecular formula is C46H56N2O14. The van der Waals surface area contributed by atoms with Crippen LogP contribution in [0.25, 0.3) is 10.8 Å². The highest BCUT2D eigenvalue weighted by molar-refractivity contribution is 6.23. The van der Waals surface area contributed by atoms with Crippen molar-refractivity contribution < 1.29 is 68.4 Å². The lowest BCUT2D eigenvalue weighted by Crippen LogP contribution is -2.46. The summed E-state index contributed by atoms with van der Waals surface area (Å²) in [6.45, 7) is 12.4. The van der Waals surface area contributed by atoms with Gasteiger partial charge in [0.15, 0.2) is 12.4 Å². The van der Waals surface area contributed by atoms with Crippen LogP contribution in [0.3, 0.4) is 0 Å². The van der Waals surface area contributed by atoms with Gasteiger partial charge in [0.2, 0.25) is 0 Å². The number of hydrogen-bond acceptors (Lipinski definition) is 15. The minimum atomic E-state index is -2.08. The quantitative estimate of drug-likeness (QED) is 0.0371. The van der Waals surface area contributed by atoms with Gasteiger partial charge in [-0.25, -0.2) is 0 Å². The molecule has 3 aliphatic rings. The zero-order chi connectivity index (χ0) is 45.6. The number of carbonyl (C=O) groups is 3. The summed E-state index contributed by atoms with van der Waals surface area (Å²) >= 11 is 0. The number of esters is 1. The molecular weight excluding hydrogens is 805 g/mol. The maximum Gasteiger partial charge on any atom is 0.312 e. The number of phenols is 3. The van der Waals surface area contributed by atoms with Crippen LogP contribution >= 0.6 is 0 Å². The van der Waals surface area contributed by atoms with E-state index in [1.54, 1.807) is 52.0 Å². The molecule has 0 aliphatic carbocycles. The maximum absolute atomic E-state index is 14.4. The molecule has 1 amide bonds. The highest BCUT2D eigenvalue weighted by atomic mass is 16.7. The van der Waals surface area contributed by atoms with Crippen molar-refractivity contribution in [1.82, 2.24) is 0 Å². The zero-order valence-corrected chi connectivity index (χ0v) is 36.2. The number of methoxy groups -OCH3 is 1. The fourth-order valence-corrected chi connectivity index (χ4v) is 7.73. The number of phenolic OH excluding ortho intramolecular Hbond substituents is 3. The second kappa shape index (κ2) is 19.7. The third-order valence-corrected chi connectivity index (χ3v) is 11.5. The van der Waals surface area contributed by atoms with Gasteiger partial charge in [0.25, 0.3) is 11.7 Å². The van der Waals surface area contributed by atoms with E-state index in [2.05, 4.69) is 10.5 Å². The van der Waals surface area contributed by atoms with Crippen molar-refractivity contribution in [1.29, 1.82) is 0 Å². The van der Waals surface area contributed by atoms with Crippen molar-refractivity contribution in [2.45, 2.75) is 85.6 Å². The molecule has 0 fully saturated rings. The first-order valence-corrected chi connectivity index (χ1v) is 20.3. The predicted octanol–water partition coefficient (Wildman–Crippen LogP) is 6.18. The van der Waals surface area contributed by atoms with Gasteiger partial charge in [0, 0.05) is 61.2 Å². The van der Waals surface area contributed by atoms with E-state index in [4.69, 9.17) is 28.5 Å². The minimum absolute atomic E-state index is 0.0183. The molecule has 16 nitrogen and oxygen atoms in total. The molecule has 0 radical (unpaired) electrons. The van der Waals surface area contributed by atoms with Crippen molar-refractivity contribution in [2.24, 2.45) is 28.8 Å². The first-order chi connectivity index (χ1) is 29.3. The summed E-state index contributed by atoms with van der Waals surface area (Å²) in [5.41, 5.74) is -0.742. The average molecular weight is 861 g/mol. The van der Waals surface area contributed by atoms with Gasteiger partial charge >= 0.3 is 11.8 Å². The number of para-hydroxylation sites is 1. The number of aliphatic hydroxyl groups excluding tert-OH is 2. The molecule has 0 aromatic heterocycles. The molecule has 3 heterocycles. The van der Waals surface area contributed by atoms with Crippen LogP contribution in [-0.4, -0.2) is 99.9 Å². The lowest BCUT2D eigenvalue weighted by molar-refractivity contribution is -0.160. The Morgan fingerprint density at radius 3 is 2.27 bits per heavy atom. The third-order valence-electron chi connectivity index (χ3n) is 11.5. The Bertz CT molecular complexity index is 2270. The summed E-state index contributed by atoms with van der Waals surface area (Å²) in [4.78, 5) is 45.9. The normalized spacial score (nSPS) is 29.0. The maximum atomic E-state index is 14.4. The number of carbonyl (C=O) groups excluding carboxylic acids is 3. The van der Waals surface area contributed by atoms with Crippen LogP contribution in [0.1, 0.15) is 70.0 Å². The number of nitrogens with zero attached hydrogens (tertiary/aromatic N) is 1. The van der Waals surface area contributed by atoms with Gasteiger partial charge in [-0.1, -0.05) is 69.3 Å². The molecule has 0 saturated heterocycles. The largest absolute Gasteiger partial charge is 0.507 e. The molecule has 0 saturated carbocycles. The molecule has 0 unspecified atom stereocenters. The zero-order valence-electron chi connectivity index (χ0n) is 36.2. The van der Waals surface area contributed by atoms with Gasteiger partial charge in [-0.2, -0.15) is 0 Å². The fraction of sp³-hybridized carbons (Fsp3) is 0.435. The van der Waals surface area contributed by atoms with Crippen molar-refractivity contribution in [3.8, 4) is 28.7 Å². The SMILES string of the molecule is CO[C@H]1/C=C\O[C@@]2(C)Oc3c(C)c(O)c4c(O)c(c(C=NOCCOc5ccccc5)c(O)c4c3C2=O)NC(=O)/C(C)=C\C=C/[C@H](C)[C@H](O)[C@@H](C)[C@@H](O)[C@@H](C)[C@H](OC(C)=O)[C@@H]1C. The van der Waals surface area contributed by atoms with E-state index in [1.165, 1.54) is 53.2 Å². The molecule has 3 aliphatic heterocycles. The lowest BCUT2D eigenvalue weighted by Gasteiger charge is -2.38. The summed E-state index contributed by atoms with van der Waals surface area (Å²) in [5.74, 6) is -8.24. The van der Waals surface area contributed by atoms with Crippen LogP contribution in [-0.2, 0) is 28.6 Å². The Kier molecular flexibility index (Phi) is 14.9. The number of ketones is 1. The first kappa shape index (κ1) is 47.0. The highest BCUT2D eigenvalue weighted by Crippen LogP contribution is 2.55. The summed E-state index contributed by atoms with van der Waals surface area (Å²) in [6.07, 6.45) is 4.39. The summed E-state index contributed by atoms with van der Waals surface area (Å²) < 4.78 is 29.2. The van der Waals surface area contributed by atoms with Gasteiger partial charge in [-0.05, 0) is 32.1 Å². The average Bonchev–Trinajstić information content (AvgIpc) is 3.51. The second-order valence-corrected chi connectivity index (χ2v) is 15.8. The van der Waals surface area contributed by atoms with Crippen molar-refractivity contribution in [3.63, 3.8) is 0 Å². The van der Waals surface area contributed by atoms with Gasteiger partial charge in [0.1, 0.15) is 35.7 Å². The smallest absolute Gasteiger partial charge is 0.312 e. The minimum Gasteiger partial charge on any atom is -0.507 e. The highest BCUT2D eigenvalue weighted by Gasteiger charge is 2.50. The number of allylic oxidation sites excluding steroid dienone is 2. The number of hydrogen-bond donors (Lipinski definition) is 6. The molecule has 0 spiro atoms. The van der Waals surface area contributed by atoms with Crippen LogP contribution in [0.4, 0.5) is 5.69 Å². The number of rotatable bonds is 8. The third kappa shape index (κ3) is 9.67. The molecule has 5 bridgehead atoms. The van der Waals surface area contributed by atoms with E-state index in [9.17, 15) is 39.9 Å². The molecule has 16 heteroatoms. The van der Waals surface area contributed by atoms with E-state index in [1.807, 2.05) is 18.2 Å². The van der Waals surface area contributed by atoms with E-state index < -0.39 is 88.8 Å². The number of Topliss-reactive ketones (excluding diaryl/α,β-unsaturated/α-hetero) is 1. The number of fused-ring (bicyclic) bond motifs is 14. The van der Waals surface area contributed by atoms with E-state index >= 15 is 0 Å². The Morgan fingerprint density at radius 2 is 1.61 bits per heavy atom. The van der Waals surface area contributed by atoms with Crippen molar-refractivity contribution in [2.75, 3.05) is 25.6 Å². The Hall–Kier alpha value is -6.10. The first-order valence-electron chi connectivity index (χ1n) is 20.3. The number of aliphatic hydroxyl groups is 2. The monoisotopic (exact) mass is 860 g/mol. The number of nitrogens with one attached hydrogen (secondary N) is 1. The topological polar surface area (TPSA) is 232 Å². The van der Waals surface area contributed by atoms with Crippen LogP contribution in [0.2, 0.25) is 0 Å². The number of benzene rings is 3. The molecule has 3 aromatic rings. The van der Waals surface area contributed by atoms with Crippen LogP contribution < -0.4 is 14.8 Å². The Balaban J connectivity index is 1.64. The summed E-state index contributed by atoms with van der Waals surface area (Å²) in [7, 11) is 1.42. The number of ether oxygens (including phenoxy) is 5. The Labute approximate surface area is 360 Å². The van der Waals surface area contributed by atoms with Gasteiger partial charge in [-0.15, -0.1) is 0 Å². The van der Waals surface area contributed by atoms with E-state index in [0.717, 1.165) is 6.21 Å². The Morgan fingerprint density at radius 1 is 0.919 bits per heavy atom. The molecule has 62 heavy (non-hydrogen) atoms. The lowest BCUT2D eigenvalue weighted by atomic mass is 9.78. The van der Waals surface area contributed by atoms with Crippen LogP contribution in [0.15, 0.2) is 71.6 Å². The molecule has 3 aromatic carbocycles. The molecule has 6 N–H and O–H groups in total. The number of anilines is 1. The number of amides is 1. The van der Waals surface area contributed by atoms with E-state index in [0.29, 0.717) is 5.75 Å². The van der Waals surface area contributed by atoms with Gasteiger partial charge in [-0.3, -0.25) is 14.4 Å². The number of aromatic hydroxyl groups is 3. The molecule has 9 atom stereocenters. The molecule has 334 valence electrons. The van der Waals surface area contributed by atoms with Gasteiger partial charge in [0.05, 0.1) is 53.0 Å². The summed E-state index contributed by atoms with van der Waals surface area (Å²) in [5, 5.41) is 64.1.